The van der Waals surface area contributed by atoms with Gasteiger partial charge in [0.15, 0.2) is 0 Å². The predicted molar refractivity (Wildman–Crippen MR) is 81.6 cm³/mol. The molecule has 0 spiro atoms. The van der Waals surface area contributed by atoms with Crippen molar-refractivity contribution in [1.29, 1.82) is 0 Å². The van der Waals surface area contributed by atoms with E-state index in [9.17, 15) is 18.0 Å². The second-order valence-electron chi connectivity index (χ2n) is 5.62. The van der Waals surface area contributed by atoms with E-state index in [4.69, 9.17) is 4.74 Å². The van der Waals surface area contributed by atoms with Crippen LogP contribution in [-0.4, -0.2) is 25.7 Å². The summed E-state index contributed by atoms with van der Waals surface area (Å²) in [6.07, 6.45) is 1.44. The molecule has 3 nitrogen and oxygen atoms in total. The minimum atomic E-state index is -4.38. The number of benzene rings is 1. The lowest BCUT2D eigenvalue weighted by atomic mass is 10.1. The molecule has 1 N–H and O–H groups in total. The van der Waals surface area contributed by atoms with Gasteiger partial charge in [-0.1, -0.05) is 12.1 Å². The van der Waals surface area contributed by atoms with Gasteiger partial charge in [0.05, 0.1) is 5.56 Å². The van der Waals surface area contributed by atoms with Crippen LogP contribution in [0.2, 0.25) is 0 Å². The molecule has 0 radical (unpaired) electrons. The Hall–Kier alpha value is -1.82. The van der Waals surface area contributed by atoms with Crippen LogP contribution in [0.1, 0.15) is 30.4 Å². The normalized spacial score (nSPS) is 15.1. The Bertz CT molecular complexity index is 551. The van der Waals surface area contributed by atoms with Crippen molar-refractivity contribution < 1.29 is 22.7 Å². The quantitative estimate of drug-likeness (QED) is 0.585. The van der Waals surface area contributed by atoms with Crippen LogP contribution in [0.5, 0.6) is 0 Å². The van der Waals surface area contributed by atoms with Gasteiger partial charge in [0.25, 0.3) is 0 Å². The molecule has 1 aliphatic carbocycles. The highest BCUT2D eigenvalue weighted by Crippen LogP contribution is 2.30. The molecule has 2 rings (SSSR count). The molecule has 0 heterocycles. The molecule has 0 saturated heterocycles. The molecule has 0 aromatic heterocycles. The molecular weight excluding hydrogens is 307 g/mol. The topological polar surface area (TPSA) is 38.3 Å². The molecule has 6 heteroatoms. The number of ether oxygens (including phenoxy) is 1. The van der Waals surface area contributed by atoms with Gasteiger partial charge in [0.2, 0.25) is 5.91 Å². The number of alkyl halides is 3. The van der Waals surface area contributed by atoms with E-state index < -0.39 is 11.7 Å². The lowest BCUT2D eigenvalue weighted by Crippen LogP contribution is -2.23. The summed E-state index contributed by atoms with van der Waals surface area (Å²) in [5, 5.41) is 2.67. The Balaban J connectivity index is 1.68. The summed E-state index contributed by atoms with van der Waals surface area (Å²) in [5.74, 6) is 0.393. The van der Waals surface area contributed by atoms with E-state index in [2.05, 4.69) is 5.32 Å². The Kier molecular flexibility index (Phi) is 6.21. The maximum absolute atomic E-state index is 12.6. The first-order valence-corrected chi connectivity index (χ1v) is 7.66. The summed E-state index contributed by atoms with van der Waals surface area (Å²) in [4.78, 5) is 11.6. The van der Waals surface area contributed by atoms with Crippen LogP contribution in [0, 0.1) is 5.92 Å². The van der Waals surface area contributed by atoms with Crippen LogP contribution < -0.4 is 5.32 Å². The first-order valence-electron chi connectivity index (χ1n) is 7.66. The van der Waals surface area contributed by atoms with Crippen LogP contribution in [0.3, 0.4) is 0 Å². The minimum absolute atomic E-state index is 0.329. The monoisotopic (exact) mass is 327 g/mol. The maximum Gasteiger partial charge on any atom is 0.416 e. The number of rotatable bonds is 8. The molecular formula is C17H20F3NO2. The van der Waals surface area contributed by atoms with Crippen LogP contribution >= 0.6 is 0 Å². The number of amides is 1. The van der Waals surface area contributed by atoms with Gasteiger partial charge in [-0.2, -0.15) is 13.2 Å². The van der Waals surface area contributed by atoms with Crippen molar-refractivity contribution in [3.63, 3.8) is 0 Å². The molecule has 1 fully saturated rings. The minimum Gasteiger partial charge on any atom is -0.381 e. The van der Waals surface area contributed by atoms with Gasteiger partial charge in [-0.15, -0.1) is 0 Å². The number of carbonyl (C=O) groups excluding carboxylic acids is 1. The van der Waals surface area contributed by atoms with Gasteiger partial charge in [0, 0.05) is 25.8 Å². The van der Waals surface area contributed by atoms with Crippen molar-refractivity contribution in [3.05, 3.63) is 41.5 Å². The number of halogens is 3. The molecule has 1 aromatic carbocycles. The highest BCUT2D eigenvalue weighted by atomic mass is 19.4. The molecule has 1 amide bonds. The molecule has 0 aliphatic heterocycles. The molecule has 23 heavy (non-hydrogen) atoms. The van der Waals surface area contributed by atoms with Crippen molar-refractivity contribution in [3.8, 4) is 0 Å². The third-order valence-corrected chi connectivity index (χ3v) is 3.46. The Morgan fingerprint density at radius 3 is 2.83 bits per heavy atom. The largest absolute Gasteiger partial charge is 0.416 e. The van der Waals surface area contributed by atoms with Gasteiger partial charge < -0.3 is 10.1 Å². The van der Waals surface area contributed by atoms with Crippen molar-refractivity contribution in [2.24, 2.45) is 5.92 Å². The molecule has 0 atom stereocenters. The van der Waals surface area contributed by atoms with E-state index in [1.165, 1.54) is 37.1 Å². The number of hydrogen-bond donors (Lipinski definition) is 1. The summed E-state index contributed by atoms with van der Waals surface area (Å²) in [6.45, 7) is 1.88. The number of hydrogen-bond acceptors (Lipinski definition) is 2. The highest BCUT2D eigenvalue weighted by molar-refractivity contribution is 5.91. The second kappa shape index (κ2) is 8.15. The van der Waals surface area contributed by atoms with E-state index in [1.54, 1.807) is 0 Å². The Labute approximate surface area is 133 Å². The predicted octanol–water partition coefficient (Wildman–Crippen LogP) is 3.65. The molecule has 0 unspecified atom stereocenters. The molecule has 126 valence electrons. The van der Waals surface area contributed by atoms with Crippen molar-refractivity contribution in [2.45, 2.75) is 25.4 Å². The van der Waals surface area contributed by atoms with Crippen molar-refractivity contribution in [1.82, 2.24) is 5.32 Å². The third kappa shape index (κ3) is 6.86. The van der Waals surface area contributed by atoms with Crippen LogP contribution in [0.25, 0.3) is 6.08 Å². The first-order chi connectivity index (χ1) is 10.9. The van der Waals surface area contributed by atoms with E-state index in [1.807, 2.05) is 0 Å². The first kappa shape index (κ1) is 17.5. The van der Waals surface area contributed by atoms with Crippen molar-refractivity contribution >= 4 is 12.0 Å². The van der Waals surface area contributed by atoms with E-state index in [0.29, 0.717) is 18.7 Å². The van der Waals surface area contributed by atoms with Crippen LogP contribution in [0.15, 0.2) is 30.3 Å². The molecule has 1 aromatic rings. The average molecular weight is 327 g/mol. The standard InChI is InChI=1S/C17H20F3NO2/c18-17(19,20)15-4-1-3-13(11-15)7-8-16(22)21-9-2-10-23-12-14-5-6-14/h1,3-4,7-8,11,14H,2,5-6,9-10,12H2,(H,21,22)/b8-7+. The van der Waals surface area contributed by atoms with E-state index in [0.717, 1.165) is 31.1 Å². The zero-order chi connectivity index (χ0) is 16.7. The average Bonchev–Trinajstić information content (AvgIpc) is 3.32. The highest BCUT2D eigenvalue weighted by Gasteiger charge is 2.30. The Morgan fingerprint density at radius 1 is 1.35 bits per heavy atom. The van der Waals surface area contributed by atoms with Gasteiger partial charge in [-0.25, -0.2) is 0 Å². The van der Waals surface area contributed by atoms with Gasteiger partial charge in [-0.3, -0.25) is 4.79 Å². The van der Waals surface area contributed by atoms with Gasteiger partial charge in [0.1, 0.15) is 0 Å². The van der Waals surface area contributed by atoms with E-state index >= 15 is 0 Å². The fourth-order valence-corrected chi connectivity index (χ4v) is 1.97. The SMILES string of the molecule is O=C(/C=C/c1cccc(C(F)(F)F)c1)NCCCOCC1CC1. The van der Waals surface area contributed by atoms with Crippen LogP contribution in [-0.2, 0) is 15.7 Å². The maximum atomic E-state index is 12.6. The fraction of sp³-hybridized carbons (Fsp3) is 0.471. The molecule has 1 saturated carbocycles. The third-order valence-electron chi connectivity index (χ3n) is 3.46. The molecule has 1 aliphatic rings. The molecule has 0 bridgehead atoms. The summed E-state index contributed by atoms with van der Waals surface area (Å²) in [6, 6.07) is 4.84. The summed E-state index contributed by atoms with van der Waals surface area (Å²) in [7, 11) is 0. The van der Waals surface area contributed by atoms with E-state index in [-0.39, 0.29) is 5.91 Å². The smallest absolute Gasteiger partial charge is 0.381 e. The second-order valence-corrected chi connectivity index (χ2v) is 5.62. The van der Waals surface area contributed by atoms with Gasteiger partial charge in [-0.05, 0) is 49.0 Å². The lowest BCUT2D eigenvalue weighted by Gasteiger charge is -2.06. The summed E-state index contributed by atoms with van der Waals surface area (Å²) in [5.41, 5.74) is -0.393. The number of carbonyl (C=O) groups is 1. The summed E-state index contributed by atoms with van der Waals surface area (Å²) < 4.78 is 43.2. The summed E-state index contributed by atoms with van der Waals surface area (Å²) >= 11 is 0. The van der Waals surface area contributed by atoms with Crippen molar-refractivity contribution in [2.75, 3.05) is 19.8 Å². The zero-order valence-electron chi connectivity index (χ0n) is 12.7. The lowest BCUT2D eigenvalue weighted by molar-refractivity contribution is -0.137. The fourth-order valence-electron chi connectivity index (χ4n) is 1.97. The van der Waals surface area contributed by atoms with Crippen LogP contribution in [0.4, 0.5) is 13.2 Å². The zero-order valence-corrected chi connectivity index (χ0v) is 12.7. The van der Waals surface area contributed by atoms with Gasteiger partial charge >= 0.3 is 6.18 Å². The number of nitrogens with one attached hydrogen (secondary N) is 1. The Morgan fingerprint density at radius 2 is 2.13 bits per heavy atom.